The van der Waals surface area contributed by atoms with E-state index >= 15 is 0 Å². The van der Waals surface area contributed by atoms with Crippen LogP contribution in [-0.4, -0.2) is 30.7 Å². The molecule has 0 unspecified atom stereocenters. The molecule has 114 valence electrons. The molecule has 0 aliphatic rings. The molecule has 0 saturated carbocycles. The number of pyridine rings is 1. The summed E-state index contributed by atoms with van der Waals surface area (Å²) in [6.07, 6.45) is 3.41. The number of rotatable bonds is 4. The van der Waals surface area contributed by atoms with Crippen LogP contribution in [0.15, 0.2) is 53.3 Å². The van der Waals surface area contributed by atoms with Crippen LogP contribution in [-0.2, 0) is 6.54 Å². The summed E-state index contributed by atoms with van der Waals surface area (Å²) in [5.74, 6) is 0.975. The summed E-state index contributed by atoms with van der Waals surface area (Å²) in [6.45, 7) is 0.257. The van der Waals surface area contributed by atoms with Crippen LogP contribution >= 0.6 is 0 Å². The number of carbonyl (C=O) groups excluding carboxylic acids is 1. The number of nitrogens with zero attached hydrogens (tertiary/aromatic N) is 4. The maximum absolute atomic E-state index is 12.2. The van der Waals surface area contributed by atoms with Crippen LogP contribution in [0.1, 0.15) is 16.3 Å². The van der Waals surface area contributed by atoms with Gasteiger partial charge in [-0.1, -0.05) is 6.07 Å². The molecule has 0 fully saturated rings. The van der Waals surface area contributed by atoms with Crippen LogP contribution in [0.25, 0.3) is 17.1 Å². The fourth-order valence-corrected chi connectivity index (χ4v) is 2.26. The topological polar surface area (TPSA) is 101 Å². The minimum absolute atomic E-state index is 0.257. The number of amides is 1. The molecule has 4 rings (SSSR count). The zero-order valence-electron chi connectivity index (χ0n) is 11.9. The SMILES string of the molecule is O=C(NCc1nnc2ccccn12)c1cc(-c2ccco2)[nH]n1. The number of aromatic nitrogens is 5. The third-order valence-electron chi connectivity index (χ3n) is 3.39. The van der Waals surface area contributed by atoms with Crippen molar-refractivity contribution in [1.82, 2.24) is 30.1 Å². The second-order valence-electron chi connectivity index (χ2n) is 4.87. The standard InChI is InChI=1S/C15H12N6O2/c22-15(11-8-10(17-18-11)12-4-3-7-23-12)16-9-14-20-19-13-5-1-2-6-21(13)14/h1-8H,9H2,(H,16,22)(H,17,18). The molecule has 4 aromatic rings. The first kappa shape index (κ1) is 13.3. The molecule has 0 aromatic carbocycles. The third-order valence-corrected chi connectivity index (χ3v) is 3.39. The largest absolute Gasteiger partial charge is 0.463 e. The molecule has 0 radical (unpaired) electrons. The number of aromatic amines is 1. The Morgan fingerprint density at radius 1 is 1.26 bits per heavy atom. The molecular formula is C15H12N6O2. The van der Waals surface area contributed by atoms with Gasteiger partial charge >= 0.3 is 0 Å². The molecule has 0 atom stereocenters. The zero-order valence-corrected chi connectivity index (χ0v) is 11.9. The molecule has 4 heterocycles. The zero-order chi connectivity index (χ0) is 15.6. The first-order valence-electron chi connectivity index (χ1n) is 6.97. The lowest BCUT2D eigenvalue weighted by Crippen LogP contribution is -2.24. The molecule has 2 N–H and O–H groups in total. The van der Waals surface area contributed by atoms with Gasteiger partial charge in [0.25, 0.3) is 5.91 Å². The number of furan rings is 1. The molecule has 4 aromatic heterocycles. The van der Waals surface area contributed by atoms with Crippen LogP contribution in [0.5, 0.6) is 0 Å². The molecule has 0 aliphatic carbocycles. The van der Waals surface area contributed by atoms with E-state index in [0.29, 0.717) is 17.3 Å². The van der Waals surface area contributed by atoms with Gasteiger partial charge in [-0.05, 0) is 24.3 Å². The van der Waals surface area contributed by atoms with E-state index in [2.05, 4.69) is 25.7 Å². The maximum atomic E-state index is 12.2. The summed E-state index contributed by atoms with van der Waals surface area (Å²) in [5, 5.41) is 17.6. The number of hydrogen-bond acceptors (Lipinski definition) is 5. The molecule has 0 bridgehead atoms. The van der Waals surface area contributed by atoms with E-state index < -0.39 is 0 Å². The fourth-order valence-electron chi connectivity index (χ4n) is 2.26. The first-order valence-corrected chi connectivity index (χ1v) is 6.97. The molecule has 23 heavy (non-hydrogen) atoms. The highest BCUT2D eigenvalue weighted by Crippen LogP contribution is 2.17. The van der Waals surface area contributed by atoms with E-state index in [-0.39, 0.29) is 18.1 Å². The highest BCUT2D eigenvalue weighted by Gasteiger charge is 2.13. The fraction of sp³-hybridized carbons (Fsp3) is 0.0667. The Labute approximate surface area is 130 Å². The van der Waals surface area contributed by atoms with Crippen molar-refractivity contribution < 1.29 is 9.21 Å². The van der Waals surface area contributed by atoms with E-state index in [1.807, 2.05) is 28.8 Å². The summed E-state index contributed by atoms with van der Waals surface area (Å²) in [5.41, 5.74) is 1.66. The summed E-state index contributed by atoms with van der Waals surface area (Å²) < 4.78 is 7.07. The average Bonchev–Trinajstić information content (AvgIpc) is 3.31. The minimum Gasteiger partial charge on any atom is -0.463 e. The van der Waals surface area contributed by atoms with Gasteiger partial charge in [-0.25, -0.2) is 0 Å². The van der Waals surface area contributed by atoms with Crippen molar-refractivity contribution in [3.63, 3.8) is 0 Å². The van der Waals surface area contributed by atoms with E-state index in [4.69, 9.17) is 4.42 Å². The van der Waals surface area contributed by atoms with Crippen molar-refractivity contribution in [3.8, 4) is 11.5 Å². The molecule has 0 spiro atoms. The Balaban J connectivity index is 1.48. The summed E-state index contributed by atoms with van der Waals surface area (Å²) in [4.78, 5) is 12.2. The van der Waals surface area contributed by atoms with E-state index in [0.717, 1.165) is 5.65 Å². The first-order chi connectivity index (χ1) is 11.3. The number of H-pyrrole nitrogens is 1. The van der Waals surface area contributed by atoms with Gasteiger partial charge < -0.3 is 9.73 Å². The van der Waals surface area contributed by atoms with Crippen molar-refractivity contribution >= 4 is 11.6 Å². The van der Waals surface area contributed by atoms with Crippen LogP contribution in [0, 0.1) is 0 Å². The number of carbonyl (C=O) groups is 1. The van der Waals surface area contributed by atoms with E-state index in [9.17, 15) is 4.79 Å². The van der Waals surface area contributed by atoms with Crippen molar-refractivity contribution in [2.45, 2.75) is 6.54 Å². The highest BCUT2D eigenvalue weighted by molar-refractivity contribution is 5.93. The van der Waals surface area contributed by atoms with Crippen LogP contribution in [0.2, 0.25) is 0 Å². The molecular weight excluding hydrogens is 296 g/mol. The second-order valence-corrected chi connectivity index (χ2v) is 4.87. The van der Waals surface area contributed by atoms with Gasteiger partial charge in [0.05, 0.1) is 12.8 Å². The molecule has 0 saturated heterocycles. The Morgan fingerprint density at radius 3 is 3.09 bits per heavy atom. The van der Waals surface area contributed by atoms with Gasteiger partial charge in [-0.3, -0.25) is 14.3 Å². The Hall–Kier alpha value is -3.42. The number of hydrogen-bond donors (Lipinski definition) is 2. The second kappa shape index (κ2) is 5.41. The highest BCUT2D eigenvalue weighted by atomic mass is 16.3. The third kappa shape index (κ3) is 2.46. The lowest BCUT2D eigenvalue weighted by atomic mass is 10.3. The summed E-state index contributed by atoms with van der Waals surface area (Å²) in [6, 6.07) is 10.8. The van der Waals surface area contributed by atoms with Crippen molar-refractivity contribution in [3.05, 3.63) is 60.4 Å². The predicted molar refractivity (Wildman–Crippen MR) is 80.4 cm³/mol. The summed E-state index contributed by atoms with van der Waals surface area (Å²) in [7, 11) is 0. The lowest BCUT2D eigenvalue weighted by Gasteiger charge is -2.01. The molecule has 8 heteroatoms. The smallest absolute Gasteiger partial charge is 0.272 e. The summed E-state index contributed by atoms with van der Waals surface area (Å²) >= 11 is 0. The van der Waals surface area contributed by atoms with Crippen molar-refractivity contribution in [1.29, 1.82) is 0 Å². The predicted octanol–water partition coefficient (Wildman–Crippen LogP) is 1.64. The normalized spacial score (nSPS) is 11.0. The average molecular weight is 308 g/mol. The van der Waals surface area contributed by atoms with Crippen LogP contribution in [0.3, 0.4) is 0 Å². The minimum atomic E-state index is -0.299. The number of nitrogens with one attached hydrogen (secondary N) is 2. The Kier molecular flexibility index (Phi) is 3.12. The van der Waals surface area contributed by atoms with Gasteiger partial charge in [0, 0.05) is 12.3 Å². The van der Waals surface area contributed by atoms with Gasteiger partial charge in [0.1, 0.15) is 5.69 Å². The Morgan fingerprint density at radius 2 is 2.22 bits per heavy atom. The Bertz CT molecular complexity index is 953. The van der Waals surface area contributed by atoms with Gasteiger partial charge in [-0.15, -0.1) is 10.2 Å². The monoisotopic (exact) mass is 308 g/mol. The van der Waals surface area contributed by atoms with Crippen LogP contribution in [0.4, 0.5) is 0 Å². The van der Waals surface area contributed by atoms with E-state index in [1.54, 1.807) is 24.5 Å². The maximum Gasteiger partial charge on any atom is 0.272 e. The van der Waals surface area contributed by atoms with Crippen molar-refractivity contribution in [2.24, 2.45) is 0 Å². The quantitative estimate of drug-likeness (QED) is 0.597. The molecule has 0 aliphatic heterocycles. The molecule has 1 amide bonds. The van der Waals surface area contributed by atoms with E-state index in [1.165, 1.54) is 0 Å². The van der Waals surface area contributed by atoms with Crippen molar-refractivity contribution in [2.75, 3.05) is 0 Å². The number of fused-ring (bicyclic) bond motifs is 1. The van der Waals surface area contributed by atoms with Gasteiger partial charge in [-0.2, -0.15) is 5.10 Å². The molecule has 8 nitrogen and oxygen atoms in total. The lowest BCUT2D eigenvalue weighted by molar-refractivity contribution is 0.0944. The van der Waals surface area contributed by atoms with Crippen LogP contribution < -0.4 is 5.32 Å². The van der Waals surface area contributed by atoms with Gasteiger partial charge in [0.2, 0.25) is 0 Å². The van der Waals surface area contributed by atoms with Gasteiger partial charge in [0.15, 0.2) is 22.9 Å².